The summed E-state index contributed by atoms with van der Waals surface area (Å²) in [5.41, 5.74) is 1.43. The van der Waals surface area contributed by atoms with Crippen LogP contribution in [0.15, 0.2) is 42.5 Å². The molecule has 1 aromatic carbocycles. The summed E-state index contributed by atoms with van der Waals surface area (Å²) < 4.78 is 21.7. The van der Waals surface area contributed by atoms with E-state index in [9.17, 15) is 9.59 Å². The molecule has 36 heavy (non-hydrogen) atoms. The molecule has 0 saturated heterocycles. The molecular formula is C28H38N2O6. The molecule has 0 spiro atoms. The third-order valence-electron chi connectivity index (χ3n) is 5.79. The number of anilines is 1. The van der Waals surface area contributed by atoms with Gasteiger partial charge in [0, 0.05) is 25.6 Å². The molecule has 1 heterocycles. The maximum Gasteiger partial charge on any atom is 0.416 e. The summed E-state index contributed by atoms with van der Waals surface area (Å²) in [5.74, 6) is 1.98. The fourth-order valence-corrected chi connectivity index (χ4v) is 3.96. The Morgan fingerprint density at radius 3 is 2.50 bits per heavy atom. The molecule has 1 fully saturated rings. The van der Waals surface area contributed by atoms with E-state index in [2.05, 4.69) is 17.1 Å². The summed E-state index contributed by atoms with van der Waals surface area (Å²) in [6, 6.07) is 13.6. The van der Waals surface area contributed by atoms with Crippen molar-refractivity contribution in [2.45, 2.75) is 58.5 Å². The van der Waals surface area contributed by atoms with Crippen molar-refractivity contribution in [3.8, 4) is 5.75 Å². The summed E-state index contributed by atoms with van der Waals surface area (Å²) in [6.45, 7) is 8.92. The van der Waals surface area contributed by atoms with E-state index < -0.39 is 11.7 Å². The molecule has 1 aliphatic carbocycles. The lowest BCUT2D eigenvalue weighted by atomic mass is 10.1. The number of hydrogen-bond acceptors (Lipinski definition) is 7. The van der Waals surface area contributed by atoms with E-state index in [0.29, 0.717) is 56.9 Å². The minimum absolute atomic E-state index is 0.115. The Balaban J connectivity index is 1.52. The second-order valence-corrected chi connectivity index (χ2v) is 9.89. The number of hydrogen-bond donors (Lipinski definition) is 0. The summed E-state index contributed by atoms with van der Waals surface area (Å²) in [5, 5.41) is 0. The monoisotopic (exact) mass is 498 g/mol. The van der Waals surface area contributed by atoms with Gasteiger partial charge in [-0.25, -0.2) is 9.78 Å². The Hall–Kier alpha value is -3.13. The van der Waals surface area contributed by atoms with Crippen molar-refractivity contribution in [2.75, 3.05) is 38.4 Å². The molecule has 2 unspecified atom stereocenters. The smallest absolute Gasteiger partial charge is 0.416 e. The van der Waals surface area contributed by atoms with E-state index in [0.717, 1.165) is 17.9 Å². The second kappa shape index (κ2) is 12.7. The Morgan fingerprint density at radius 1 is 1.08 bits per heavy atom. The standard InChI is InChI=1S/C28H38N2O6/c1-6-34-26(31)19-21-18-24(21)20-10-12-23(13-11-20)35-16-14-22-8-7-9-25(29-22)30(15-17-33-5)27(32)36-28(2,3)4/h7-13,21,24H,6,14-19H2,1-5H3. The van der Waals surface area contributed by atoms with E-state index in [1.54, 1.807) is 13.2 Å². The number of rotatable bonds is 12. The lowest BCUT2D eigenvalue weighted by Gasteiger charge is -2.26. The van der Waals surface area contributed by atoms with Crippen LogP contribution in [0.3, 0.4) is 0 Å². The van der Waals surface area contributed by atoms with Gasteiger partial charge in [-0.05, 0) is 75.8 Å². The van der Waals surface area contributed by atoms with E-state index in [-0.39, 0.29) is 5.97 Å². The van der Waals surface area contributed by atoms with Gasteiger partial charge in [0.25, 0.3) is 0 Å². The highest BCUT2D eigenvalue weighted by molar-refractivity contribution is 5.86. The molecular weight excluding hydrogens is 460 g/mol. The minimum Gasteiger partial charge on any atom is -0.493 e. The van der Waals surface area contributed by atoms with Crippen molar-refractivity contribution in [3.63, 3.8) is 0 Å². The number of ether oxygens (including phenoxy) is 4. The molecule has 1 aromatic heterocycles. The second-order valence-electron chi connectivity index (χ2n) is 9.89. The number of carbonyl (C=O) groups excluding carboxylic acids is 2. The SMILES string of the molecule is CCOC(=O)CC1CC1c1ccc(OCCc2cccc(N(CCOC)C(=O)OC(C)(C)C)n2)cc1. The molecule has 1 saturated carbocycles. The summed E-state index contributed by atoms with van der Waals surface area (Å²) in [6.07, 6.45) is 1.64. The molecule has 1 amide bonds. The van der Waals surface area contributed by atoms with Gasteiger partial charge < -0.3 is 18.9 Å². The van der Waals surface area contributed by atoms with Crippen molar-refractivity contribution in [1.82, 2.24) is 4.98 Å². The Morgan fingerprint density at radius 2 is 1.83 bits per heavy atom. The van der Waals surface area contributed by atoms with Gasteiger partial charge in [0.1, 0.15) is 17.2 Å². The van der Waals surface area contributed by atoms with Gasteiger partial charge >= 0.3 is 12.1 Å². The predicted octanol–water partition coefficient (Wildman–Crippen LogP) is 5.15. The number of benzene rings is 1. The number of aromatic nitrogens is 1. The molecule has 0 N–H and O–H groups in total. The number of nitrogens with zero attached hydrogens (tertiary/aromatic N) is 2. The highest BCUT2D eigenvalue weighted by Crippen LogP contribution is 2.49. The van der Waals surface area contributed by atoms with E-state index in [1.807, 2.05) is 52.0 Å². The summed E-state index contributed by atoms with van der Waals surface area (Å²) >= 11 is 0. The zero-order valence-corrected chi connectivity index (χ0v) is 22.0. The fourth-order valence-electron chi connectivity index (χ4n) is 3.96. The van der Waals surface area contributed by atoms with Crippen molar-refractivity contribution < 1.29 is 28.5 Å². The van der Waals surface area contributed by atoms with E-state index in [4.69, 9.17) is 18.9 Å². The molecule has 2 atom stereocenters. The first-order valence-electron chi connectivity index (χ1n) is 12.5. The Bertz CT molecular complexity index is 1000. The lowest BCUT2D eigenvalue weighted by molar-refractivity contribution is -0.143. The number of esters is 1. The zero-order valence-electron chi connectivity index (χ0n) is 22.0. The quantitative estimate of drug-likeness (QED) is 0.374. The average Bonchev–Trinajstić information content (AvgIpc) is 3.58. The van der Waals surface area contributed by atoms with Gasteiger partial charge in [-0.2, -0.15) is 0 Å². The van der Waals surface area contributed by atoms with Crippen molar-refractivity contribution in [3.05, 3.63) is 53.7 Å². The van der Waals surface area contributed by atoms with Gasteiger partial charge in [0.05, 0.1) is 26.4 Å². The van der Waals surface area contributed by atoms with Crippen LogP contribution < -0.4 is 9.64 Å². The van der Waals surface area contributed by atoms with E-state index >= 15 is 0 Å². The summed E-state index contributed by atoms with van der Waals surface area (Å²) in [4.78, 5) is 30.5. The van der Waals surface area contributed by atoms with Crippen LogP contribution in [0.5, 0.6) is 5.75 Å². The topological polar surface area (TPSA) is 87.2 Å². The molecule has 8 nitrogen and oxygen atoms in total. The van der Waals surface area contributed by atoms with Crippen LogP contribution in [0.4, 0.5) is 10.6 Å². The number of carbonyl (C=O) groups is 2. The fraction of sp³-hybridized carbons (Fsp3) is 0.536. The van der Waals surface area contributed by atoms with Crippen LogP contribution in [0.2, 0.25) is 0 Å². The predicted molar refractivity (Wildman–Crippen MR) is 137 cm³/mol. The Labute approximate surface area is 213 Å². The first-order chi connectivity index (χ1) is 17.2. The van der Waals surface area contributed by atoms with Crippen molar-refractivity contribution in [2.24, 2.45) is 5.92 Å². The van der Waals surface area contributed by atoms with Gasteiger partial charge in [0.15, 0.2) is 0 Å². The van der Waals surface area contributed by atoms with Crippen molar-refractivity contribution in [1.29, 1.82) is 0 Å². The molecule has 3 rings (SSSR count). The third kappa shape index (κ3) is 8.52. The lowest BCUT2D eigenvalue weighted by Crippen LogP contribution is -2.39. The van der Waals surface area contributed by atoms with Crippen LogP contribution in [-0.4, -0.2) is 56.1 Å². The van der Waals surface area contributed by atoms with Gasteiger partial charge in [-0.1, -0.05) is 18.2 Å². The van der Waals surface area contributed by atoms with Crippen LogP contribution in [0, 0.1) is 5.92 Å². The summed E-state index contributed by atoms with van der Waals surface area (Å²) in [7, 11) is 1.59. The third-order valence-corrected chi connectivity index (χ3v) is 5.79. The number of amides is 1. The molecule has 0 aliphatic heterocycles. The number of methoxy groups -OCH3 is 1. The van der Waals surface area contributed by atoms with Crippen LogP contribution in [0.1, 0.15) is 57.7 Å². The molecule has 2 aromatic rings. The maximum absolute atomic E-state index is 12.7. The first-order valence-corrected chi connectivity index (χ1v) is 12.5. The highest BCUT2D eigenvalue weighted by Gasteiger charge is 2.39. The molecule has 1 aliphatic rings. The zero-order chi connectivity index (χ0) is 26.1. The molecule has 0 radical (unpaired) electrons. The highest BCUT2D eigenvalue weighted by atomic mass is 16.6. The van der Waals surface area contributed by atoms with Gasteiger partial charge in [-0.3, -0.25) is 9.69 Å². The van der Waals surface area contributed by atoms with Crippen LogP contribution >= 0.6 is 0 Å². The molecule has 8 heteroatoms. The Kier molecular flexibility index (Phi) is 9.70. The average molecular weight is 499 g/mol. The minimum atomic E-state index is -0.606. The van der Waals surface area contributed by atoms with Crippen molar-refractivity contribution >= 4 is 17.9 Å². The maximum atomic E-state index is 12.7. The van der Waals surface area contributed by atoms with Gasteiger partial charge in [-0.15, -0.1) is 0 Å². The first kappa shape index (κ1) is 27.5. The van der Waals surface area contributed by atoms with Crippen LogP contribution in [-0.2, 0) is 25.4 Å². The molecule has 0 bridgehead atoms. The number of pyridine rings is 1. The normalized spacial score (nSPS) is 16.8. The largest absolute Gasteiger partial charge is 0.493 e. The van der Waals surface area contributed by atoms with Crippen LogP contribution in [0.25, 0.3) is 0 Å². The van der Waals surface area contributed by atoms with E-state index in [1.165, 1.54) is 10.5 Å². The molecule has 196 valence electrons. The van der Waals surface area contributed by atoms with Gasteiger partial charge in [0.2, 0.25) is 0 Å².